The molecule has 158 valence electrons. The van der Waals surface area contributed by atoms with E-state index in [1.807, 2.05) is 51.1 Å². The number of carbonyl (C=O) groups is 1. The van der Waals surface area contributed by atoms with Crippen molar-refractivity contribution in [3.05, 3.63) is 72.1 Å². The Morgan fingerprint density at radius 3 is 2.27 bits per heavy atom. The van der Waals surface area contributed by atoms with E-state index in [1.54, 1.807) is 11.6 Å². The van der Waals surface area contributed by atoms with Gasteiger partial charge >= 0.3 is 5.97 Å². The number of sulfonamides is 1. The van der Waals surface area contributed by atoms with Crippen LogP contribution in [0.2, 0.25) is 0 Å². The zero-order valence-corrected chi connectivity index (χ0v) is 18.2. The van der Waals surface area contributed by atoms with Crippen molar-refractivity contribution < 1.29 is 17.9 Å². The minimum atomic E-state index is -3.91. The second-order valence-electron chi connectivity index (χ2n) is 7.78. The van der Waals surface area contributed by atoms with E-state index in [4.69, 9.17) is 4.74 Å². The highest BCUT2D eigenvalue weighted by Gasteiger charge is 2.30. The van der Waals surface area contributed by atoms with E-state index in [-0.39, 0.29) is 11.5 Å². The van der Waals surface area contributed by atoms with Crippen LogP contribution in [-0.2, 0) is 20.2 Å². The van der Waals surface area contributed by atoms with E-state index >= 15 is 0 Å². The molecule has 0 saturated carbocycles. The summed E-state index contributed by atoms with van der Waals surface area (Å²) in [6.07, 6.45) is 1.52. The van der Waals surface area contributed by atoms with Gasteiger partial charge in [-0.3, -0.25) is 4.72 Å². The smallest absolute Gasteiger partial charge is 0.338 e. The van der Waals surface area contributed by atoms with E-state index < -0.39 is 21.4 Å². The third kappa shape index (κ3) is 4.71. The Morgan fingerprint density at radius 1 is 1.07 bits per heavy atom. The van der Waals surface area contributed by atoms with E-state index in [2.05, 4.69) is 9.82 Å². The number of hydrogen-bond donors (Lipinski definition) is 1. The standard InChI is InChI=1S/C22H25N3O4S/c1-5-29-21(26)16-11-13-17(14-12-16)24-30(27,28)19-15-25(18-9-7-6-8-10-18)23-20(19)22(2,3)4/h6-15,24H,5H2,1-4H3. The zero-order valence-electron chi connectivity index (χ0n) is 17.4. The summed E-state index contributed by atoms with van der Waals surface area (Å²) in [7, 11) is -3.91. The molecule has 1 N–H and O–H groups in total. The number of benzene rings is 2. The predicted octanol–water partition coefficient (Wildman–Crippen LogP) is 4.15. The topological polar surface area (TPSA) is 90.3 Å². The molecule has 8 heteroatoms. The number of esters is 1. The summed E-state index contributed by atoms with van der Waals surface area (Å²) < 4.78 is 35.5. The van der Waals surface area contributed by atoms with E-state index in [0.29, 0.717) is 16.9 Å². The van der Waals surface area contributed by atoms with Gasteiger partial charge < -0.3 is 4.74 Å². The predicted molar refractivity (Wildman–Crippen MR) is 115 cm³/mol. The zero-order chi connectivity index (χ0) is 21.9. The fourth-order valence-corrected chi connectivity index (χ4v) is 4.28. The molecule has 7 nitrogen and oxygen atoms in total. The first-order valence-electron chi connectivity index (χ1n) is 9.57. The summed E-state index contributed by atoms with van der Waals surface area (Å²) in [5.41, 5.74) is 1.44. The van der Waals surface area contributed by atoms with Gasteiger partial charge in [0.2, 0.25) is 0 Å². The fraction of sp³-hybridized carbons (Fsp3) is 0.273. The third-order valence-corrected chi connectivity index (χ3v) is 5.73. The number of nitrogens with one attached hydrogen (secondary N) is 1. The summed E-state index contributed by atoms with van der Waals surface area (Å²) in [5.74, 6) is -0.453. The Morgan fingerprint density at radius 2 is 1.70 bits per heavy atom. The molecule has 0 spiro atoms. The lowest BCUT2D eigenvalue weighted by Gasteiger charge is -2.18. The van der Waals surface area contributed by atoms with Crippen molar-refractivity contribution in [3.63, 3.8) is 0 Å². The number of hydrogen-bond acceptors (Lipinski definition) is 5. The van der Waals surface area contributed by atoms with Crippen LogP contribution >= 0.6 is 0 Å². The van der Waals surface area contributed by atoms with Crippen LogP contribution < -0.4 is 4.72 Å². The average Bonchev–Trinajstić information content (AvgIpc) is 3.16. The van der Waals surface area contributed by atoms with Crippen molar-refractivity contribution in [1.29, 1.82) is 0 Å². The average molecular weight is 428 g/mol. The van der Waals surface area contributed by atoms with Gasteiger partial charge in [0.15, 0.2) is 0 Å². The van der Waals surface area contributed by atoms with Gasteiger partial charge in [0.1, 0.15) is 4.90 Å². The van der Waals surface area contributed by atoms with Crippen molar-refractivity contribution in [2.75, 3.05) is 11.3 Å². The van der Waals surface area contributed by atoms with Gasteiger partial charge in [0, 0.05) is 11.1 Å². The number of rotatable bonds is 6. The van der Waals surface area contributed by atoms with E-state index in [1.165, 1.54) is 30.5 Å². The van der Waals surface area contributed by atoms with Crippen LogP contribution in [0.25, 0.3) is 5.69 Å². The molecule has 0 radical (unpaired) electrons. The molecule has 30 heavy (non-hydrogen) atoms. The van der Waals surface area contributed by atoms with Gasteiger partial charge in [0.05, 0.1) is 29.7 Å². The lowest BCUT2D eigenvalue weighted by Crippen LogP contribution is -2.20. The Balaban J connectivity index is 1.95. The second kappa shape index (κ2) is 8.31. The van der Waals surface area contributed by atoms with Crippen LogP contribution in [0.5, 0.6) is 0 Å². The molecule has 0 atom stereocenters. The quantitative estimate of drug-likeness (QED) is 0.597. The summed E-state index contributed by atoms with van der Waals surface area (Å²) in [5, 5.41) is 4.55. The number of nitrogens with zero attached hydrogens (tertiary/aromatic N) is 2. The maximum atomic E-state index is 13.2. The molecule has 0 aliphatic heterocycles. The first kappa shape index (κ1) is 21.6. The van der Waals surface area contributed by atoms with Gasteiger partial charge in [-0.2, -0.15) is 5.10 Å². The van der Waals surface area contributed by atoms with Gasteiger partial charge in [-0.1, -0.05) is 39.0 Å². The Hall–Kier alpha value is -3.13. The second-order valence-corrected chi connectivity index (χ2v) is 9.43. The molecule has 3 aromatic rings. The van der Waals surface area contributed by atoms with E-state index in [0.717, 1.165) is 5.69 Å². The number of aromatic nitrogens is 2. The van der Waals surface area contributed by atoms with Crippen LogP contribution in [0.1, 0.15) is 43.7 Å². The number of ether oxygens (including phenoxy) is 1. The number of anilines is 1. The molecule has 0 fully saturated rings. The minimum absolute atomic E-state index is 0.105. The molecular formula is C22H25N3O4S. The maximum Gasteiger partial charge on any atom is 0.338 e. The minimum Gasteiger partial charge on any atom is -0.462 e. The Labute approximate surface area is 176 Å². The normalized spacial score (nSPS) is 11.9. The molecule has 0 saturated heterocycles. The first-order valence-corrected chi connectivity index (χ1v) is 11.1. The summed E-state index contributed by atoms with van der Waals surface area (Å²) >= 11 is 0. The van der Waals surface area contributed by atoms with Crippen molar-refractivity contribution in [2.24, 2.45) is 0 Å². The molecule has 0 aliphatic rings. The largest absolute Gasteiger partial charge is 0.462 e. The van der Waals surface area contributed by atoms with E-state index in [9.17, 15) is 13.2 Å². The fourth-order valence-electron chi connectivity index (χ4n) is 2.89. The molecule has 0 bridgehead atoms. The van der Waals surface area contributed by atoms with Crippen molar-refractivity contribution >= 4 is 21.7 Å². The molecule has 1 heterocycles. The lowest BCUT2D eigenvalue weighted by molar-refractivity contribution is 0.0526. The Kier molecular flexibility index (Phi) is 5.98. The van der Waals surface area contributed by atoms with Crippen LogP contribution in [0, 0.1) is 0 Å². The molecule has 3 rings (SSSR count). The molecule has 1 aromatic heterocycles. The van der Waals surface area contributed by atoms with Crippen molar-refractivity contribution in [1.82, 2.24) is 9.78 Å². The third-order valence-electron chi connectivity index (χ3n) is 4.35. The van der Waals surface area contributed by atoms with Gasteiger partial charge in [-0.25, -0.2) is 17.9 Å². The highest BCUT2D eigenvalue weighted by molar-refractivity contribution is 7.92. The van der Waals surface area contributed by atoms with Crippen LogP contribution in [0.3, 0.4) is 0 Å². The van der Waals surface area contributed by atoms with Crippen LogP contribution in [0.4, 0.5) is 5.69 Å². The number of carbonyl (C=O) groups excluding carboxylic acids is 1. The molecule has 0 aliphatic carbocycles. The van der Waals surface area contributed by atoms with Gasteiger partial charge in [0.25, 0.3) is 10.0 Å². The first-order chi connectivity index (χ1) is 14.1. The van der Waals surface area contributed by atoms with Crippen LogP contribution in [-0.4, -0.2) is 30.8 Å². The highest BCUT2D eigenvalue weighted by atomic mass is 32.2. The maximum absolute atomic E-state index is 13.2. The summed E-state index contributed by atoms with van der Waals surface area (Å²) in [4.78, 5) is 11.9. The monoisotopic (exact) mass is 427 g/mol. The molecule has 0 unspecified atom stereocenters. The highest BCUT2D eigenvalue weighted by Crippen LogP contribution is 2.30. The van der Waals surface area contributed by atoms with Crippen molar-refractivity contribution in [3.8, 4) is 5.69 Å². The SMILES string of the molecule is CCOC(=O)c1ccc(NS(=O)(=O)c2cn(-c3ccccc3)nc2C(C)(C)C)cc1. The van der Waals surface area contributed by atoms with Crippen LogP contribution in [0.15, 0.2) is 65.7 Å². The molecular weight excluding hydrogens is 402 g/mol. The molecule has 2 aromatic carbocycles. The molecule has 0 amide bonds. The summed E-state index contributed by atoms with van der Waals surface area (Å²) in [6.45, 7) is 7.74. The van der Waals surface area contributed by atoms with Gasteiger partial charge in [-0.05, 0) is 43.3 Å². The van der Waals surface area contributed by atoms with Crippen molar-refractivity contribution in [2.45, 2.75) is 38.0 Å². The summed E-state index contributed by atoms with van der Waals surface area (Å²) in [6, 6.07) is 15.4. The van der Waals surface area contributed by atoms with Gasteiger partial charge in [-0.15, -0.1) is 0 Å². The Bertz CT molecular complexity index is 1130. The lowest BCUT2D eigenvalue weighted by atomic mass is 9.92. The number of para-hydroxylation sites is 1.